The number of carboxylic acid groups (broad SMARTS) is 1. The van der Waals surface area contributed by atoms with E-state index in [0.717, 1.165) is 4.68 Å². The van der Waals surface area contributed by atoms with E-state index in [2.05, 4.69) is 11.7 Å². The number of carboxylic acids is 1. The van der Waals surface area contributed by atoms with Gasteiger partial charge in [0.15, 0.2) is 5.69 Å². The molecule has 0 aromatic carbocycles. The second kappa shape index (κ2) is 4.15. The van der Waals surface area contributed by atoms with Crippen LogP contribution >= 0.6 is 0 Å². The lowest BCUT2D eigenvalue weighted by molar-refractivity contribution is -0.143. The maximum Gasteiger partial charge on any atom is 0.435 e. The van der Waals surface area contributed by atoms with Crippen molar-refractivity contribution in [3.05, 3.63) is 23.5 Å². The van der Waals surface area contributed by atoms with Gasteiger partial charge in [0.2, 0.25) is 0 Å². The van der Waals surface area contributed by atoms with Gasteiger partial charge in [-0.2, -0.15) is 18.3 Å². The van der Waals surface area contributed by atoms with Crippen LogP contribution in [-0.2, 0) is 23.9 Å². The van der Waals surface area contributed by atoms with Crippen LogP contribution in [0.25, 0.3) is 5.57 Å². The summed E-state index contributed by atoms with van der Waals surface area (Å²) in [5, 5.41) is 12.1. The molecule has 0 aliphatic heterocycles. The quantitative estimate of drug-likeness (QED) is 0.887. The number of carbonyl (C=O) groups is 1. The Labute approximate surface area is 101 Å². The number of rotatable bonds is 2. The molecule has 7 heteroatoms. The molecule has 0 saturated heterocycles. The number of fused-ring (bicyclic) bond motifs is 1. The molecule has 0 radical (unpaired) electrons. The molecule has 0 unspecified atom stereocenters. The molecule has 0 fully saturated rings. The van der Waals surface area contributed by atoms with E-state index in [4.69, 9.17) is 5.11 Å². The van der Waals surface area contributed by atoms with Crippen molar-refractivity contribution < 1.29 is 23.1 Å². The zero-order valence-corrected chi connectivity index (χ0v) is 9.42. The Bertz CT molecular complexity index is 517. The second-order valence-corrected chi connectivity index (χ2v) is 4.18. The van der Waals surface area contributed by atoms with Gasteiger partial charge in [-0.05, 0) is 24.8 Å². The topological polar surface area (TPSA) is 55.1 Å². The largest absolute Gasteiger partial charge is 0.480 e. The Morgan fingerprint density at radius 1 is 1.44 bits per heavy atom. The number of hydrogen-bond acceptors (Lipinski definition) is 2. The fourth-order valence-electron chi connectivity index (χ4n) is 2.17. The first-order chi connectivity index (χ1) is 8.30. The van der Waals surface area contributed by atoms with E-state index in [1.54, 1.807) is 0 Å². The van der Waals surface area contributed by atoms with Gasteiger partial charge < -0.3 is 5.11 Å². The SMILES string of the molecule is C=C1CCCc2c1c(C(F)(F)F)nn2CC(=O)O. The van der Waals surface area contributed by atoms with Gasteiger partial charge in [-0.3, -0.25) is 9.48 Å². The molecule has 0 bridgehead atoms. The molecule has 1 aromatic rings. The molecule has 1 heterocycles. The molecule has 1 N–H and O–H groups in total. The summed E-state index contributed by atoms with van der Waals surface area (Å²) in [6.45, 7) is 3.06. The van der Waals surface area contributed by atoms with Gasteiger partial charge in [0.1, 0.15) is 6.54 Å². The van der Waals surface area contributed by atoms with Crippen LogP contribution in [0.2, 0.25) is 0 Å². The first kappa shape index (κ1) is 12.7. The van der Waals surface area contributed by atoms with E-state index in [1.165, 1.54) is 0 Å². The van der Waals surface area contributed by atoms with Gasteiger partial charge in [0.05, 0.1) is 0 Å². The highest BCUT2D eigenvalue weighted by molar-refractivity contribution is 5.71. The fraction of sp³-hybridized carbons (Fsp3) is 0.455. The first-order valence-electron chi connectivity index (χ1n) is 5.37. The van der Waals surface area contributed by atoms with Crippen molar-refractivity contribution in [3.8, 4) is 0 Å². The minimum atomic E-state index is -4.59. The van der Waals surface area contributed by atoms with Crippen LogP contribution in [0.4, 0.5) is 13.2 Å². The Morgan fingerprint density at radius 2 is 2.11 bits per heavy atom. The van der Waals surface area contributed by atoms with Gasteiger partial charge in [-0.1, -0.05) is 6.58 Å². The number of alkyl halides is 3. The predicted octanol–water partition coefficient (Wildman–Crippen LogP) is 2.34. The van der Waals surface area contributed by atoms with Crippen molar-refractivity contribution in [1.82, 2.24) is 9.78 Å². The van der Waals surface area contributed by atoms with Gasteiger partial charge >= 0.3 is 12.1 Å². The van der Waals surface area contributed by atoms with Crippen LogP contribution in [0.1, 0.15) is 29.8 Å². The van der Waals surface area contributed by atoms with Crippen molar-refractivity contribution in [3.63, 3.8) is 0 Å². The third-order valence-corrected chi connectivity index (χ3v) is 2.86. The van der Waals surface area contributed by atoms with Crippen LogP contribution in [0, 0.1) is 0 Å². The zero-order chi connectivity index (χ0) is 13.5. The number of halogens is 3. The number of nitrogens with zero attached hydrogens (tertiary/aromatic N) is 2. The Morgan fingerprint density at radius 3 is 2.67 bits per heavy atom. The summed E-state index contributed by atoms with van der Waals surface area (Å²) in [5.74, 6) is -1.22. The van der Waals surface area contributed by atoms with E-state index in [9.17, 15) is 18.0 Å². The minimum Gasteiger partial charge on any atom is -0.480 e. The molecule has 2 rings (SSSR count). The van der Waals surface area contributed by atoms with E-state index in [1.807, 2.05) is 0 Å². The van der Waals surface area contributed by atoms with Gasteiger partial charge in [-0.15, -0.1) is 0 Å². The van der Waals surface area contributed by atoms with Crippen LogP contribution in [-0.4, -0.2) is 20.9 Å². The highest BCUT2D eigenvalue weighted by Gasteiger charge is 2.40. The van der Waals surface area contributed by atoms with E-state index in [-0.39, 0.29) is 5.56 Å². The summed E-state index contributed by atoms with van der Waals surface area (Å²) in [5.41, 5.74) is -0.348. The fourth-order valence-corrected chi connectivity index (χ4v) is 2.17. The average molecular weight is 260 g/mol. The summed E-state index contributed by atoms with van der Waals surface area (Å²) in [6, 6.07) is 0. The first-order valence-corrected chi connectivity index (χ1v) is 5.37. The van der Waals surface area contributed by atoms with Crippen LogP contribution in [0.3, 0.4) is 0 Å². The summed E-state index contributed by atoms with van der Waals surface area (Å²) in [6.07, 6.45) is -3.05. The summed E-state index contributed by atoms with van der Waals surface area (Å²) in [4.78, 5) is 10.6. The predicted molar refractivity (Wildman–Crippen MR) is 56.8 cm³/mol. The van der Waals surface area contributed by atoms with Crippen LogP contribution < -0.4 is 0 Å². The highest BCUT2D eigenvalue weighted by atomic mass is 19.4. The Balaban J connectivity index is 2.58. The summed E-state index contributed by atoms with van der Waals surface area (Å²) >= 11 is 0. The third kappa shape index (κ3) is 2.12. The van der Waals surface area contributed by atoms with Gasteiger partial charge in [0.25, 0.3) is 0 Å². The molecule has 0 atom stereocenters. The van der Waals surface area contributed by atoms with E-state index >= 15 is 0 Å². The molecule has 1 aliphatic carbocycles. The Kier molecular flexibility index (Phi) is 2.92. The normalized spacial score (nSPS) is 15.6. The molecule has 1 aliphatic rings. The summed E-state index contributed by atoms with van der Waals surface area (Å²) in [7, 11) is 0. The maximum atomic E-state index is 12.8. The second-order valence-electron chi connectivity index (χ2n) is 4.18. The lowest BCUT2D eigenvalue weighted by Crippen LogP contribution is -2.15. The highest BCUT2D eigenvalue weighted by Crippen LogP contribution is 2.39. The van der Waals surface area contributed by atoms with Crippen LogP contribution in [0.5, 0.6) is 0 Å². The number of aliphatic carboxylic acids is 1. The summed E-state index contributed by atoms with van der Waals surface area (Å²) < 4.78 is 39.4. The van der Waals surface area contributed by atoms with Crippen molar-refractivity contribution in [2.45, 2.75) is 32.0 Å². The van der Waals surface area contributed by atoms with Gasteiger partial charge in [-0.25, -0.2) is 0 Å². The smallest absolute Gasteiger partial charge is 0.435 e. The van der Waals surface area contributed by atoms with Crippen molar-refractivity contribution in [2.24, 2.45) is 0 Å². The molecule has 0 amide bonds. The standard InChI is InChI=1S/C11H11F3N2O2/c1-6-3-2-4-7-9(6)10(11(12,13)14)15-16(7)5-8(17)18/h1-5H2,(H,17,18). The molecule has 98 valence electrons. The molecular weight excluding hydrogens is 249 g/mol. The lowest BCUT2D eigenvalue weighted by atomic mass is 9.91. The van der Waals surface area contributed by atoms with Crippen molar-refractivity contribution in [2.75, 3.05) is 0 Å². The van der Waals surface area contributed by atoms with E-state index < -0.39 is 24.4 Å². The molecule has 0 spiro atoms. The number of aromatic nitrogens is 2. The Hall–Kier alpha value is -1.79. The van der Waals surface area contributed by atoms with Crippen molar-refractivity contribution >= 4 is 11.5 Å². The molecule has 1 aromatic heterocycles. The third-order valence-electron chi connectivity index (χ3n) is 2.86. The average Bonchev–Trinajstić information content (AvgIpc) is 2.57. The number of hydrogen-bond donors (Lipinski definition) is 1. The maximum absolute atomic E-state index is 12.8. The molecular formula is C11H11F3N2O2. The number of allylic oxidation sites excluding steroid dienone is 1. The van der Waals surface area contributed by atoms with Crippen molar-refractivity contribution in [1.29, 1.82) is 0 Å². The molecule has 0 saturated carbocycles. The van der Waals surface area contributed by atoms with Gasteiger partial charge in [0, 0.05) is 11.3 Å². The zero-order valence-electron chi connectivity index (χ0n) is 9.42. The van der Waals surface area contributed by atoms with E-state index in [0.29, 0.717) is 30.5 Å². The lowest BCUT2D eigenvalue weighted by Gasteiger charge is -2.16. The molecule has 18 heavy (non-hydrogen) atoms. The monoisotopic (exact) mass is 260 g/mol. The minimum absolute atomic E-state index is 0.0185. The van der Waals surface area contributed by atoms with Crippen LogP contribution in [0.15, 0.2) is 6.58 Å². The molecule has 4 nitrogen and oxygen atoms in total.